The van der Waals surface area contributed by atoms with E-state index in [1.54, 1.807) is 4.68 Å². The highest BCUT2D eigenvalue weighted by atomic mass is 79.9. The minimum absolute atomic E-state index is 0.298. The molecule has 0 radical (unpaired) electrons. The van der Waals surface area contributed by atoms with Gasteiger partial charge >= 0.3 is 0 Å². The first-order valence-corrected chi connectivity index (χ1v) is 9.89. The molecule has 0 spiro atoms. The van der Waals surface area contributed by atoms with Crippen LogP contribution in [0.2, 0.25) is 0 Å². The molecular weight excluding hydrogens is 414 g/mol. The molecule has 0 N–H and O–H groups in total. The Morgan fingerprint density at radius 2 is 1.96 bits per heavy atom. The van der Waals surface area contributed by atoms with Crippen molar-refractivity contribution in [2.45, 2.75) is 18.3 Å². The highest BCUT2D eigenvalue weighted by molar-refractivity contribution is 9.10. The van der Waals surface area contributed by atoms with Crippen molar-refractivity contribution in [3.05, 3.63) is 57.8 Å². The molecule has 1 aromatic carbocycles. The third-order valence-electron chi connectivity index (χ3n) is 4.51. The summed E-state index contributed by atoms with van der Waals surface area (Å²) < 4.78 is 8.36. The number of aryl methyl sites for hydroxylation is 1. The summed E-state index contributed by atoms with van der Waals surface area (Å²) in [6, 6.07) is 10.4. The van der Waals surface area contributed by atoms with Crippen LogP contribution in [0.15, 0.2) is 50.9 Å². The zero-order valence-corrected chi connectivity index (χ0v) is 16.2. The van der Waals surface area contributed by atoms with Crippen LogP contribution in [0.1, 0.15) is 29.7 Å². The third kappa shape index (κ3) is 2.89. The van der Waals surface area contributed by atoms with Gasteiger partial charge in [0.15, 0.2) is 0 Å². The summed E-state index contributed by atoms with van der Waals surface area (Å²) in [7, 11) is 1.89. The van der Waals surface area contributed by atoms with E-state index in [-0.39, 0.29) is 0 Å². The number of benzene rings is 1. The van der Waals surface area contributed by atoms with Crippen LogP contribution in [0, 0.1) is 0 Å². The molecule has 3 heterocycles. The Kier molecular flexibility index (Phi) is 3.75. The van der Waals surface area contributed by atoms with E-state index in [0.717, 1.165) is 27.3 Å². The van der Waals surface area contributed by atoms with Crippen LogP contribution >= 0.6 is 27.3 Å². The topological polar surface area (TPSA) is 69.6 Å². The molecule has 1 saturated carbocycles. The van der Waals surface area contributed by atoms with Crippen LogP contribution in [0.5, 0.6) is 0 Å². The van der Waals surface area contributed by atoms with Gasteiger partial charge in [-0.25, -0.2) is 4.98 Å². The standard InChI is InChI=1S/C18H14BrN5OS/c1-24-7-6-14(22-24)18-20-15(9-26-18)16-21-17(25-23-16)13-8-12(13)10-2-4-11(19)5-3-10/h2-7,9,12-13H,8H2,1H3/t12-,13+/m0/s1. The number of halogens is 1. The second-order valence-corrected chi connectivity index (χ2v) is 8.14. The number of thiazole rings is 1. The maximum atomic E-state index is 5.51. The van der Waals surface area contributed by atoms with Gasteiger partial charge in [-0.05, 0) is 36.1 Å². The molecule has 0 bridgehead atoms. The Morgan fingerprint density at radius 3 is 2.73 bits per heavy atom. The van der Waals surface area contributed by atoms with Crippen LogP contribution in [0.4, 0.5) is 0 Å². The van der Waals surface area contributed by atoms with Crippen molar-refractivity contribution in [2.75, 3.05) is 0 Å². The molecule has 1 aliphatic carbocycles. The van der Waals surface area contributed by atoms with Gasteiger partial charge in [0.25, 0.3) is 0 Å². The summed E-state index contributed by atoms with van der Waals surface area (Å²) in [5, 5.41) is 11.3. The molecule has 0 amide bonds. The van der Waals surface area contributed by atoms with Crippen molar-refractivity contribution >= 4 is 27.3 Å². The molecule has 0 saturated heterocycles. The van der Waals surface area contributed by atoms with Gasteiger partial charge in [0.05, 0.1) is 0 Å². The fourth-order valence-electron chi connectivity index (χ4n) is 3.06. The third-order valence-corrected chi connectivity index (χ3v) is 5.91. The quantitative estimate of drug-likeness (QED) is 0.474. The van der Waals surface area contributed by atoms with E-state index in [0.29, 0.717) is 23.6 Å². The molecule has 8 heteroatoms. The van der Waals surface area contributed by atoms with Crippen LogP contribution in [0.3, 0.4) is 0 Å². The Balaban J connectivity index is 1.35. The van der Waals surface area contributed by atoms with Gasteiger partial charge in [0.2, 0.25) is 11.7 Å². The van der Waals surface area contributed by atoms with Gasteiger partial charge in [-0.15, -0.1) is 11.3 Å². The molecule has 3 aromatic heterocycles. The normalized spacial score (nSPS) is 19.0. The largest absolute Gasteiger partial charge is 0.339 e. The molecule has 5 rings (SSSR count). The molecule has 4 aromatic rings. The van der Waals surface area contributed by atoms with Gasteiger partial charge in [0.1, 0.15) is 16.4 Å². The molecule has 2 atom stereocenters. The van der Waals surface area contributed by atoms with Crippen molar-refractivity contribution in [3.8, 4) is 22.2 Å². The van der Waals surface area contributed by atoms with E-state index in [1.165, 1.54) is 16.9 Å². The summed E-state index contributed by atoms with van der Waals surface area (Å²) in [6.07, 6.45) is 2.94. The van der Waals surface area contributed by atoms with Crippen LogP contribution in [-0.4, -0.2) is 24.9 Å². The minimum Gasteiger partial charge on any atom is -0.339 e. The highest BCUT2D eigenvalue weighted by Gasteiger charge is 2.43. The first-order valence-electron chi connectivity index (χ1n) is 8.22. The molecule has 26 heavy (non-hydrogen) atoms. The van der Waals surface area contributed by atoms with Crippen molar-refractivity contribution in [2.24, 2.45) is 7.05 Å². The van der Waals surface area contributed by atoms with Gasteiger partial charge in [-0.2, -0.15) is 10.1 Å². The highest BCUT2D eigenvalue weighted by Crippen LogP contribution is 2.54. The molecule has 1 fully saturated rings. The molecule has 6 nitrogen and oxygen atoms in total. The average Bonchev–Trinajstić information content (AvgIpc) is 3.02. The molecular formula is C18H14BrN5OS. The number of aromatic nitrogens is 5. The summed E-state index contributed by atoms with van der Waals surface area (Å²) in [6.45, 7) is 0. The zero-order chi connectivity index (χ0) is 17.7. The monoisotopic (exact) mass is 427 g/mol. The average molecular weight is 428 g/mol. The second kappa shape index (κ2) is 6.14. The SMILES string of the molecule is Cn1ccc(-c2nc(-c3noc([C@@H]4C[C@H]4c4ccc(Br)cc4)n3)cs2)n1. The first kappa shape index (κ1) is 15.9. The van der Waals surface area contributed by atoms with E-state index >= 15 is 0 Å². The molecule has 130 valence electrons. The van der Waals surface area contributed by atoms with Crippen LogP contribution in [-0.2, 0) is 7.05 Å². The number of hydrogen-bond acceptors (Lipinski definition) is 6. The summed E-state index contributed by atoms with van der Waals surface area (Å²) in [4.78, 5) is 9.18. The maximum Gasteiger partial charge on any atom is 0.230 e. The predicted octanol–water partition coefficient (Wildman–Crippen LogP) is 4.63. The van der Waals surface area contributed by atoms with Crippen molar-refractivity contribution in [1.82, 2.24) is 24.9 Å². The van der Waals surface area contributed by atoms with E-state index in [1.807, 2.05) is 24.7 Å². The molecule has 1 aliphatic rings. The smallest absolute Gasteiger partial charge is 0.230 e. The van der Waals surface area contributed by atoms with Gasteiger partial charge in [-0.1, -0.05) is 33.2 Å². The first-order chi connectivity index (χ1) is 12.7. The Morgan fingerprint density at radius 1 is 1.12 bits per heavy atom. The summed E-state index contributed by atoms with van der Waals surface area (Å²) in [5.41, 5.74) is 2.89. The lowest BCUT2D eigenvalue weighted by Gasteiger charge is -1.98. The molecule has 0 aliphatic heterocycles. The zero-order valence-electron chi connectivity index (χ0n) is 13.8. The van der Waals surface area contributed by atoms with E-state index < -0.39 is 0 Å². The fraction of sp³-hybridized carbons (Fsp3) is 0.222. The lowest BCUT2D eigenvalue weighted by atomic mass is 10.1. The Hall–Kier alpha value is -2.32. The van der Waals surface area contributed by atoms with Gasteiger partial charge < -0.3 is 4.52 Å². The van der Waals surface area contributed by atoms with Crippen LogP contribution < -0.4 is 0 Å². The van der Waals surface area contributed by atoms with E-state index in [2.05, 4.69) is 60.4 Å². The molecule has 0 unspecified atom stereocenters. The summed E-state index contributed by atoms with van der Waals surface area (Å²) in [5.74, 6) is 1.99. The lowest BCUT2D eigenvalue weighted by Crippen LogP contribution is -1.88. The minimum atomic E-state index is 0.298. The predicted molar refractivity (Wildman–Crippen MR) is 102 cm³/mol. The van der Waals surface area contributed by atoms with Crippen molar-refractivity contribution in [3.63, 3.8) is 0 Å². The number of hydrogen-bond donors (Lipinski definition) is 0. The maximum absolute atomic E-state index is 5.51. The Labute approximate surface area is 162 Å². The van der Waals surface area contributed by atoms with Gasteiger partial charge in [0, 0.05) is 29.0 Å². The lowest BCUT2D eigenvalue weighted by molar-refractivity contribution is 0.378. The number of rotatable bonds is 4. The Bertz CT molecular complexity index is 1070. The number of nitrogens with zero attached hydrogens (tertiary/aromatic N) is 5. The summed E-state index contributed by atoms with van der Waals surface area (Å²) >= 11 is 5.00. The van der Waals surface area contributed by atoms with Crippen molar-refractivity contribution in [1.29, 1.82) is 0 Å². The second-order valence-electron chi connectivity index (χ2n) is 6.37. The fourth-order valence-corrected chi connectivity index (χ4v) is 4.09. The van der Waals surface area contributed by atoms with Crippen molar-refractivity contribution < 1.29 is 4.52 Å². The van der Waals surface area contributed by atoms with E-state index in [9.17, 15) is 0 Å². The van der Waals surface area contributed by atoms with Gasteiger partial charge in [-0.3, -0.25) is 4.68 Å². The van der Waals surface area contributed by atoms with E-state index in [4.69, 9.17) is 4.52 Å². The van der Waals surface area contributed by atoms with Crippen LogP contribution in [0.25, 0.3) is 22.2 Å².